The number of para-hydroxylation sites is 1. The summed E-state index contributed by atoms with van der Waals surface area (Å²) in [7, 11) is 0. The van der Waals surface area contributed by atoms with Crippen molar-refractivity contribution in [1.82, 2.24) is 10.3 Å². The van der Waals surface area contributed by atoms with E-state index in [1.54, 1.807) is 12.3 Å². The summed E-state index contributed by atoms with van der Waals surface area (Å²) < 4.78 is 0. The molecule has 1 N–H and O–H groups in total. The Labute approximate surface area is 146 Å². The number of hydrogen-bond acceptors (Lipinski definition) is 3. The normalized spacial score (nSPS) is 10.4. The number of nitrogens with zero attached hydrogens (tertiary/aromatic N) is 2. The van der Waals surface area contributed by atoms with Gasteiger partial charge in [0.2, 0.25) is 11.8 Å². The van der Waals surface area contributed by atoms with Crippen molar-refractivity contribution in [3.8, 4) is 0 Å². The molecular weight excluding hydrogens is 314 g/mol. The smallest absolute Gasteiger partial charge is 0.240 e. The van der Waals surface area contributed by atoms with Crippen LogP contribution in [-0.4, -0.2) is 23.3 Å². The third-order valence-electron chi connectivity index (χ3n) is 3.92. The van der Waals surface area contributed by atoms with Crippen molar-refractivity contribution in [2.45, 2.75) is 13.5 Å². The molecule has 0 spiro atoms. The molecule has 0 radical (unpaired) electrons. The molecule has 2 amide bonds. The lowest BCUT2D eigenvalue weighted by molar-refractivity contribution is -0.123. The Kier molecular flexibility index (Phi) is 5.04. The third-order valence-corrected chi connectivity index (χ3v) is 3.92. The number of anilines is 1. The van der Waals surface area contributed by atoms with Gasteiger partial charge in [0.15, 0.2) is 0 Å². The first-order chi connectivity index (χ1) is 12.1. The first kappa shape index (κ1) is 16.6. The molecular formula is C20H19N3O2. The molecule has 2 aromatic carbocycles. The van der Waals surface area contributed by atoms with Crippen LogP contribution in [0, 0.1) is 0 Å². The Morgan fingerprint density at radius 1 is 1.00 bits per heavy atom. The van der Waals surface area contributed by atoms with E-state index in [0.29, 0.717) is 17.7 Å². The summed E-state index contributed by atoms with van der Waals surface area (Å²) in [6, 6.07) is 19.0. The van der Waals surface area contributed by atoms with Crippen molar-refractivity contribution < 1.29 is 9.59 Å². The van der Waals surface area contributed by atoms with Crippen LogP contribution < -0.4 is 10.2 Å². The van der Waals surface area contributed by atoms with Gasteiger partial charge >= 0.3 is 0 Å². The van der Waals surface area contributed by atoms with Crippen molar-refractivity contribution >= 4 is 28.4 Å². The van der Waals surface area contributed by atoms with Crippen molar-refractivity contribution in [2.75, 3.05) is 11.4 Å². The molecule has 1 heterocycles. The Balaban J connectivity index is 1.77. The zero-order valence-corrected chi connectivity index (χ0v) is 14.0. The van der Waals surface area contributed by atoms with Gasteiger partial charge in [-0.25, -0.2) is 0 Å². The lowest BCUT2D eigenvalue weighted by Gasteiger charge is -2.21. The van der Waals surface area contributed by atoms with Crippen LogP contribution in [0.15, 0.2) is 66.9 Å². The summed E-state index contributed by atoms with van der Waals surface area (Å²) in [5.41, 5.74) is 2.36. The van der Waals surface area contributed by atoms with Crippen LogP contribution in [0.2, 0.25) is 0 Å². The van der Waals surface area contributed by atoms with Crippen molar-refractivity contribution in [3.05, 3.63) is 72.4 Å². The Hall–Kier alpha value is -3.21. The number of amides is 2. The van der Waals surface area contributed by atoms with Crippen molar-refractivity contribution in [3.63, 3.8) is 0 Å². The number of hydrogen-bond donors (Lipinski definition) is 1. The maximum atomic E-state index is 12.3. The van der Waals surface area contributed by atoms with Gasteiger partial charge in [-0.1, -0.05) is 48.5 Å². The second kappa shape index (κ2) is 7.57. The fourth-order valence-electron chi connectivity index (χ4n) is 2.67. The summed E-state index contributed by atoms with van der Waals surface area (Å²) in [4.78, 5) is 30.2. The number of carbonyl (C=O) groups is 2. The lowest BCUT2D eigenvalue weighted by Crippen LogP contribution is -2.39. The fraction of sp³-hybridized carbons (Fsp3) is 0.150. The fourth-order valence-corrected chi connectivity index (χ4v) is 2.67. The summed E-state index contributed by atoms with van der Waals surface area (Å²) in [5, 5.41) is 3.78. The molecule has 126 valence electrons. The average molecular weight is 333 g/mol. The minimum absolute atomic E-state index is 0.0438. The minimum Gasteiger partial charge on any atom is -0.350 e. The monoisotopic (exact) mass is 333 g/mol. The van der Waals surface area contributed by atoms with Crippen LogP contribution in [0.1, 0.15) is 12.5 Å². The molecule has 0 aliphatic heterocycles. The molecule has 25 heavy (non-hydrogen) atoms. The number of pyridine rings is 1. The maximum Gasteiger partial charge on any atom is 0.240 e. The summed E-state index contributed by atoms with van der Waals surface area (Å²) >= 11 is 0. The first-order valence-electron chi connectivity index (χ1n) is 8.07. The first-order valence-corrected chi connectivity index (χ1v) is 8.07. The number of fused-ring (bicyclic) bond motifs is 1. The van der Waals surface area contributed by atoms with E-state index in [1.165, 1.54) is 11.8 Å². The van der Waals surface area contributed by atoms with E-state index in [0.717, 1.165) is 10.9 Å². The Morgan fingerprint density at radius 2 is 1.76 bits per heavy atom. The molecule has 0 bridgehead atoms. The summed E-state index contributed by atoms with van der Waals surface area (Å²) in [6.07, 6.45) is 1.68. The van der Waals surface area contributed by atoms with Crippen LogP contribution in [0.3, 0.4) is 0 Å². The number of carbonyl (C=O) groups excluding carboxylic acids is 2. The van der Waals surface area contributed by atoms with Crippen LogP contribution >= 0.6 is 0 Å². The zero-order chi connectivity index (χ0) is 17.6. The van der Waals surface area contributed by atoms with E-state index < -0.39 is 0 Å². The molecule has 5 nitrogen and oxygen atoms in total. The van der Waals surface area contributed by atoms with Crippen LogP contribution in [0.25, 0.3) is 10.9 Å². The van der Waals surface area contributed by atoms with Crippen molar-refractivity contribution in [2.24, 2.45) is 0 Å². The van der Waals surface area contributed by atoms with E-state index in [2.05, 4.69) is 10.3 Å². The highest BCUT2D eigenvalue weighted by Crippen LogP contribution is 2.24. The quantitative estimate of drug-likeness (QED) is 0.781. The van der Waals surface area contributed by atoms with E-state index in [4.69, 9.17) is 0 Å². The molecule has 0 unspecified atom stereocenters. The van der Waals surface area contributed by atoms with E-state index >= 15 is 0 Å². The highest BCUT2D eigenvalue weighted by Gasteiger charge is 2.18. The van der Waals surface area contributed by atoms with E-state index in [9.17, 15) is 9.59 Å². The van der Waals surface area contributed by atoms with Crippen LogP contribution in [0.5, 0.6) is 0 Å². The highest BCUT2D eigenvalue weighted by atomic mass is 16.2. The van der Waals surface area contributed by atoms with E-state index in [-0.39, 0.29) is 18.4 Å². The number of aromatic nitrogens is 1. The van der Waals surface area contributed by atoms with Gasteiger partial charge in [-0.05, 0) is 17.7 Å². The van der Waals surface area contributed by atoms with Gasteiger partial charge in [-0.2, -0.15) is 0 Å². The molecule has 3 rings (SSSR count). The predicted octanol–water partition coefficient (Wildman–Crippen LogP) is 2.90. The van der Waals surface area contributed by atoms with Gasteiger partial charge < -0.3 is 10.2 Å². The topological polar surface area (TPSA) is 62.3 Å². The highest BCUT2D eigenvalue weighted by molar-refractivity contribution is 6.04. The SMILES string of the molecule is CC(=O)N(CC(=O)NCc1ccccc1)c1cccc2cccnc12. The summed E-state index contributed by atoms with van der Waals surface area (Å²) in [6.45, 7) is 1.84. The zero-order valence-electron chi connectivity index (χ0n) is 14.0. The number of nitrogens with one attached hydrogen (secondary N) is 1. The molecule has 0 saturated heterocycles. The standard InChI is InChI=1S/C20H19N3O2/c1-15(24)23(14-19(25)22-13-16-7-3-2-4-8-16)18-11-5-9-17-10-6-12-21-20(17)18/h2-12H,13-14H2,1H3,(H,22,25). The van der Waals surface area contributed by atoms with E-state index in [1.807, 2.05) is 54.6 Å². The van der Waals surface area contributed by atoms with Crippen LogP contribution in [0.4, 0.5) is 5.69 Å². The molecule has 5 heteroatoms. The molecule has 0 aliphatic rings. The largest absolute Gasteiger partial charge is 0.350 e. The van der Waals surface area contributed by atoms with Crippen LogP contribution in [-0.2, 0) is 16.1 Å². The van der Waals surface area contributed by atoms with Gasteiger partial charge in [0.1, 0.15) is 6.54 Å². The molecule has 0 aliphatic carbocycles. The Bertz CT molecular complexity index is 888. The molecule has 1 aromatic heterocycles. The maximum absolute atomic E-state index is 12.3. The molecule has 0 atom stereocenters. The van der Waals surface area contributed by atoms with Gasteiger partial charge in [0, 0.05) is 25.1 Å². The van der Waals surface area contributed by atoms with Gasteiger partial charge in [-0.3, -0.25) is 14.6 Å². The number of benzene rings is 2. The molecule has 0 saturated carbocycles. The second-order valence-corrected chi connectivity index (χ2v) is 5.72. The predicted molar refractivity (Wildman–Crippen MR) is 98.1 cm³/mol. The lowest BCUT2D eigenvalue weighted by atomic mass is 10.1. The molecule has 0 fully saturated rings. The summed E-state index contributed by atoms with van der Waals surface area (Å²) in [5.74, 6) is -0.417. The van der Waals surface area contributed by atoms with Gasteiger partial charge in [0.05, 0.1) is 11.2 Å². The molecule has 3 aromatic rings. The third kappa shape index (κ3) is 4.01. The minimum atomic E-state index is -0.216. The van der Waals surface area contributed by atoms with Crippen molar-refractivity contribution in [1.29, 1.82) is 0 Å². The Morgan fingerprint density at radius 3 is 2.52 bits per heavy atom. The van der Waals surface area contributed by atoms with Gasteiger partial charge in [-0.15, -0.1) is 0 Å². The van der Waals surface area contributed by atoms with Gasteiger partial charge in [0.25, 0.3) is 0 Å². The average Bonchev–Trinajstić information content (AvgIpc) is 2.65. The number of rotatable bonds is 5. The second-order valence-electron chi connectivity index (χ2n) is 5.72.